The molecule has 0 aromatic carbocycles. The lowest BCUT2D eigenvalue weighted by atomic mass is 10.2. The van der Waals surface area contributed by atoms with Gasteiger partial charge in [0.15, 0.2) is 0 Å². The van der Waals surface area contributed by atoms with Crippen molar-refractivity contribution in [3.05, 3.63) is 0 Å². The fourth-order valence-electron chi connectivity index (χ4n) is 0.236. The summed E-state index contributed by atoms with van der Waals surface area (Å²) in [5.74, 6) is 0. The van der Waals surface area contributed by atoms with E-state index in [1.807, 2.05) is 20.8 Å². The van der Waals surface area contributed by atoms with Gasteiger partial charge in [0, 0.05) is 0 Å². The monoisotopic (exact) mass is 147 g/mol. The van der Waals surface area contributed by atoms with Gasteiger partial charge in [-0.2, -0.15) is 5.48 Å². The SMILES string of the molecule is COC(=O)NOC(C)(C)C. The van der Waals surface area contributed by atoms with Crippen molar-refractivity contribution in [1.82, 2.24) is 5.48 Å². The normalized spacial score (nSPS) is 10.8. The van der Waals surface area contributed by atoms with Gasteiger partial charge in [-0.3, -0.25) is 4.84 Å². The van der Waals surface area contributed by atoms with Crippen LogP contribution in [0.25, 0.3) is 0 Å². The molecule has 4 heteroatoms. The third kappa shape index (κ3) is 5.37. The minimum Gasteiger partial charge on any atom is -0.451 e. The smallest absolute Gasteiger partial charge is 0.431 e. The van der Waals surface area contributed by atoms with Crippen LogP contribution in [0.4, 0.5) is 4.79 Å². The molecule has 0 rings (SSSR count). The number of ether oxygens (including phenoxy) is 1. The van der Waals surface area contributed by atoms with Gasteiger partial charge in [-0.15, -0.1) is 0 Å². The number of hydrogen-bond acceptors (Lipinski definition) is 3. The fourth-order valence-corrected chi connectivity index (χ4v) is 0.236. The lowest BCUT2D eigenvalue weighted by Gasteiger charge is -2.17. The van der Waals surface area contributed by atoms with Crippen molar-refractivity contribution >= 4 is 6.09 Å². The molecule has 1 N–H and O–H groups in total. The van der Waals surface area contributed by atoms with Crippen LogP contribution >= 0.6 is 0 Å². The molecule has 0 heterocycles. The highest BCUT2D eigenvalue weighted by Gasteiger charge is 2.12. The van der Waals surface area contributed by atoms with E-state index in [0.717, 1.165) is 0 Å². The number of methoxy groups -OCH3 is 1. The van der Waals surface area contributed by atoms with Gasteiger partial charge < -0.3 is 4.74 Å². The van der Waals surface area contributed by atoms with Gasteiger partial charge in [-0.1, -0.05) is 0 Å². The second-order valence-corrected chi connectivity index (χ2v) is 2.81. The van der Waals surface area contributed by atoms with E-state index in [-0.39, 0.29) is 5.60 Å². The molecule has 0 spiro atoms. The van der Waals surface area contributed by atoms with Gasteiger partial charge in [0.25, 0.3) is 0 Å². The Kier molecular flexibility index (Phi) is 3.15. The van der Waals surface area contributed by atoms with E-state index in [0.29, 0.717) is 0 Å². The largest absolute Gasteiger partial charge is 0.451 e. The highest BCUT2D eigenvalue weighted by molar-refractivity contribution is 5.65. The zero-order valence-electron chi connectivity index (χ0n) is 6.72. The maximum Gasteiger partial charge on any atom is 0.431 e. The van der Waals surface area contributed by atoms with Crippen molar-refractivity contribution in [2.75, 3.05) is 7.11 Å². The molecule has 0 saturated carbocycles. The minimum atomic E-state index is -0.588. The lowest BCUT2D eigenvalue weighted by Crippen LogP contribution is -2.33. The van der Waals surface area contributed by atoms with E-state index in [9.17, 15) is 4.79 Å². The van der Waals surface area contributed by atoms with Crippen LogP contribution in [0, 0.1) is 0 Å². The zero-order chi connectivity index (χ0) is 8.20. The Morgan fingerprint density at radius 1 is 1.40 bits per heavy atom. The Hall–Kier alpha value is -0.770. The highest BCUT2D eigenvalue weighted by atomic mass is 16.7. The summed E-state index contributed by atoms with van der Waals surface area (Å²) in [5.41, 5.74) is 1.73. The first kappa shape index (κ1) is 9.23. The first-order valence-electron chi connectivity index (χ1n) is 2.97. The van der Waals surface area contributed by atoms with Gasteiger partial charge in [-0.25, -0.2) is 4.79 Å². The van der Waals surface area contributed by atoms with E-state index >= 15 is 0 Å². The molecule has 0 aromatic heterocycles. The summed E-state index contributed by atoms with van der Waals surface area (Å²) in [5, 5.41) is 0. The summed E-state index contributed by atoms with van der Waals surface area (Å²) in [6, 6.07) is 0. The lowest BCUT2D eigenvalue weighted by molar-refractivity contribution is -0.0638. The number of hydrogen-bond donors (Lipinski definition) is 1. The second-order valence-electron chi connectivity index (χ2n) is 2.81. The van der Waals surface area contributed by atoms with E-state index < -0.39 is 6.09 Å². The molecule has 0 fully saturated rings. The predicted molar refractivity (Wildman–Crippen MR) is 36.4 cm³/mol. The van der Waals surface area contributed by atoms with Crippen molar-refractivity contribution in [2.24, 2.45) is 0 Å². The number of carbonyl (C=O) groups is 1. The van der Waals surface area contributed by atoms with Crippen LogP contribution in [0.15, 0.2) is 0 Å². The molecule has 0 aliphatic rings. The van der Waals surface area contributed by atoms with Crippen LogP contribution < -0.4 is 5.48 Å². The first-order valence-corrected chi connectivity index (χ1v) is 2.97. The Bertz CT molecular complexity index is 117. The van der Waals surface area contributed by atoms with Crippen LogP contribution in [-0.2, 0) is 9.57 Å². The summed E-state index contributed by atoms with van der Waals surface area (Å²) in [7, 11) is 1.28. The summed E-state index contributed by atoms with van der Waals surface area (Å²) >= 11 is 0. The van der Waals surface area contributed by atoms with Crippen molar-refractivity contribution in [2.45, 2.75) is 26.4 Å². The first-order chi connectivity index (χ1) is 4.45. The molecule has 0 aliphatic carbocycles. The van der Waals surface area contributed by atoms with Gasteiger partial charge >= 0.3 is 6.09 Å². The average molecular weight is 147 g/mol. The Morgan fingerprint density at radius 2 is 1.90 bits per heavy atom. The molecule has 4 nitrogen and oxygen atoms in total. The molecular weight excluding hydrogens is 134 g/mol. The Morgan fingerprint density at radius 3 is 2.20 bits per heavy atom. The molecule has 10 heavy (non-hydrogen) atoms. The van der Waals surface area contributed by atoms with E-state index in [2.05, 4.69) is 10.2 Å². The topological polar surface area (TPSA) is 47.6 Å². The molecule has 0 aliphatic heterocycles. The molecule has 1 amide bonds. The minimum absolute atomic E-state index is 0.381. The van der Waals surface area contributed by atoms with Crippen molar-refractivity contribution < 1.29 is 14.4 Å². The van der Waals surface area contributed by atoms with Gasteiger partial charge in [0.2, 0.25) is 0 Å². The summed E-state index contributed by atoms with van der Waals surface area (Å²) < 4.78 is 4.27. The maximum atomic E-state index is 10.4. The van der Waals surface area contributed by atoms with Crippen LogP contribution in [0.1, 0.15) is 20.8 Å². The number of hydroxylamine groups is 1. The maximum absolute atomic E-state index is 10.4. The Balaban J connectivity index is 3.46. The third-order valence-electron chi connectivity index (χ3n) is 0.626. The van der Waals surface area contributed by atoms with E-state index in [4.69, 9.17) is 4.84 Å². The molecule has 0 unspecified atom stereocenters. The van der Waals surface area contributed by atoms with E-state index in [1.54, 1.807) is 0 Å². The van der Waals surface area contributed by atoms with Gasteiger partial charge in [-0.05, 0) is 20.8 Å². The van der Waals surface area contributed by atoms with Crippen LogP contribution in [-0.4, -0.2) is 18.8 Å². The molecule has 0 bridgehead atoms. The molecule has 0 atom stereocenters. The molecule has 0 radical (unpaired) electrons. The number of carbonyl (C=O) groups excluding carboxylic acids is 1. The van der Waals surface area contributed by atoms with Crippen molar-refractivity contribution in [3.63, 3.8) is 0 Å². The quantitative estimate of drug-likeness (QED) is 0.564. The fraction of sp³-hybridized carbons (Fsp3) is 0.833. The molecule has 60 valence electrons. The van der Waals surface area contributed by atoms with Gasteiger partial charge in [0.1, 0.15) is 0 Å². The zero-order valence-corrected chi connectivity index (χ0v) is 6.72. The summed E-state index contributed by atoms with van der Waals surface area (Å²) in [6.45, 7) is 5.47. The average Bonchev–Trinajstić information content (AvgIpc) is 1.81. The number of amides is 1. The van der Waals surface area contributed by atoms with Crippen LogP contribution in [0.2, 0.25) is 0 Å². The Labute approximate surface area is 60.5 Å². The highest BCUT2D eigenvalue weighted by Crippen LogP contribution is 2.03. The predicted octanol–water partition coefficient (Wildman–Crippen LogP) is 1.07. The second kappa shape index (κ2) is 3.41. The standard InChI is InChI=1S/C6H13NO3/c1-6(2,3)10-7-5(8)9-4/h1-4H3,(H,7,8). The van der Waals surface area contributed by atoms with Crippen LogP contribution in [0.5, 0.6) is 0 Å². The summed E-state index contributed by atoms with van der Waals surface area (Å²) in [4.78, 5) is 15.3. The third-order valence-corrected chi connectivity index (χ3v) is 0.626. The number of nitrogens with one attached hydrogen (secondary N) is 1. The molecular formula is C6H13NO3. The van der Waals surface area contributed by atoms with Gasteiger partial charge in [0.05, 0.1) is 12.7 Å². The number of rotatable bonds is 1. The van der Waals surface area contributed by atoms with Crippen molar-refractivity contribution in [3.8, 4) is 0 Å². The summed E-state index contributed by atoms with van der Waals surface area (Å²) in [6.07, 6.45) is -0.588. The van der Waals surface area contributed by atoms with Crippen LogP contribution in [0.3, 0.4) is 0 Å². The molecule has 0 aromatic rings. The van der Waals surface area contributed by atoms with Crippen molar-refractivity contribution in [1.29, 1.82) is 0 Å². The van der Waals surface area contributed by atoms with E-state index in [1.165, 1.54) is 7.11 Å². The molecule has 0 saturated heterocycles.